The Morgan fingerprint density at radius 2 is 1.79 bits per heavy atom. The van der Waals surface area contributed by atoms with E-state index in [-0.39, 0.29) is 17.7 Å². The monoisotopic (exact) mass is 468 g/mol. The Bertz CT molecular complexity index is 1270. The van der Waals surface area contributed by atoms with Crippen LogP contribution in [-0.2, 0) is 12.7 Å². The van der Waals surface area contributed by atoms with E-state index in [9.17, 15) is 13.2 Å². The molecule has 4 aromatic rings. The van der Waals surface area contributed by atoms with Gasteiger partial charge >= 0.3 is 6.18 Å². The number of aromatic amines is 1. The SMILES string of the molecule is FC(F)(F)c1ccccc1Oc1ccnc(NC2CCN(Cc3[nH]nc4ccccc34)CC2)n1. The van der Waals surface area contributed by atoms with Crippen LogP contribution in [0.25, 0.3) is 10.9 Å². The molecule has 2 N–H and O–H groups in total. The highest BCUT2D eigenvalue weighted by molar-refractivity contribution is 5.81. The topological polar surface area (TPSA) is 79.0 Å². The lowest BCUT2D eigenvalue weighted by atomic mass is 10.0. The van der Waals surface area contributed by atoms with Crippen molar-refractivity contribution >= 4 is 16.9 Å². The van der Waals surface area contributed by atoms with Crippen molar-refractivity contribution in [1.29, 1.82) is 0 Å². The van der Waals surface area contributed by atoms with Gasteiger partial charge in [0.15, 0.2) is 0 Å². The Morgan fingerprint density at radius 3 is 2.62 bits per heavy atom. The van der Waals surface area contributed by atoms with Crippen LogP contribution in [0.1, 0.15) is 24.1 Å². The molecular weight excluding hydrogens is 445 g/mol. The van der Waals surface area contributed by atoms with Crippen LogP contribution in [0.2, 0.25) is 0 Å². The first-order valence-corrected chi connectivity index (χ1v) is 11.0. The number of hydrogen-bond acceptors (Lipinski definition) is 6. The van der Waals surface area contributed by atoms with Gasteiger partial charge in [0, 0.05) is 43.3 Å². The number of alkyl halides is 3. The van der Waals surface area contributed by atoms with E-state index < -0.39 is 11.7 Å². The predicted octanol–water partition coefficient (Wildman–Crippen LogP) is 5.24. The smallest absolute Gasteiger partial charge is 0.419 e. The van der Waals surface area contributed by atoms with Crippen molar-refractivity contribution in [2.75, 3.05) is 18.4 Å². The number of nitrogens with zero attached hydrogens (tertiary/aromatic N) is 4. The van der Waals surface area contributed by atoms with Crippen LogP contribution in [0.5, 0.6) is 11.6 Å². The van der Waals surface area contributed by atoms with Gasteiger partial charge in [-0.15, -0.1) is 0 Å². The summed E-state index contributed by atoms with van der Waals surface area (Å²) in [6.45, 7) is 2.58. The van der Waals surface area contributed by atoms with Crippen molar-refractivity contribution in [3.63, 3.8) is 0 Å². The zero-order valence-electron chi connectivity index (χ0n) is 18.2. The number of rotatable bonds is 6. The van der Waals surface area contributed by atoms with Gasteiger partial charge in [-0.3, -0.25) is 10.00 Å². The Morgan fingerprint density at radius 1 is 1.03 bits per heavy atom. The number of halogens is 3. The highest BCUT2D eigenvalue weighted by Crippen LogP contribution is 2.37. The van der Waals surface area contributed by atoms with Crippen molar-refractivity contribution < 1.29 is 17.9 Å². The van der Waals surface area contributed by atoms with Gasteiger partial charge < -0.3 is 10.1 Å². The second-order valence-electron chi connectivity index (χ2n) is 8.23. The van der Waals surface area contributed by atoms with E-state index in [0.717, 1.165) is 55.1 Å². The van der Waals surface area contributed by atoms with Crippen LogP contribution >= 0.6 is 0 Å². The van der Waals surface area contributed by atoms with Gasteiger partial charge in [0.05, 0.1) is 16.8 Å². The van der Waals surface area contributed by atoms with Crippen molar-refractivity contribution in [3.8, 4) is 11.6 Å². The average molecular weight is 468 g/mol. The minimum absolute atomic E-state index is 0.0535. The number of aromatic nitrogens is 4. The summed E-state index contributed by atoms with van der Waals surface area (Å²) in [7, 11) is 0. The Balaban J connectivity index is 1.19. The Hall–Kier alpha value is -3.66. The Kier molecular flexibility index (Phi) is 6.06. The third-order valence-corrected chi connectivity index (χ3v) is 5.88. The van der Waals surface area contributed by atoms with Gasteiger partial charge in [0.1, 0.15) is 5.75 Å². The van der Waals surface area contributed by atoms with Gasteiger partial charge in [0.25, 0.3) is 0 Å². The summed E-state index contributed by atoms with van der Waals surface area (Å²) >= 11 is 0. The van der Waals surface area contributed by atoms with E-state index in [0.29, 0.717) is 5.95 Å². The van der Waals surface area contributed by atoms with Gasteiger partial charge in [0.2, 0.25) is 11.8 Å². The van der Waals surface area contributed by atoms with Crippen molar-refractivity contribution in [1.82, 2.24) is 25.1 Å². The van der Waals surface area contributed by atoms with E-state index in [1.54, 1.807) is 0 Å². The molecule has 5 rings (SSSR count). The van der Waals surface area contributed by atoms with Crippen LogP contribution in [0.3, 0.4) is 0 Å². The summed E-state index contributed by atoms with van der Waals surface area (Å²) in [6, 6.07) is 14.7. The average Bonchev–Trinajstić information content (AvgIpc) is 3.23. The number of nitrogens with one attached hydrogen (secondary N) is 2. The van der Waals surface area contributed by atoms with E-state index in [1.807, 2.05) is 18.2 Å². The zero-order chi connectivity index (χ0) is 23.5. The number of fused-ring (bicyclic) bond motifs is 1. The quantitative estimate of drug-likeness (QED) is 0.403. The molecule has 0 aliphatic carbocycles. The number of likely N-dealkylation sites (tertiary alicyclic amines) is 1. The molecule has 3 heterocycles. The molecule has 0 spiro atoms. The molecule has 0 saturated carbocycles. The van der Waals surface area contributed by atoms with Crippen LogP contribution < -0.4 is 10.1 Å². The van der Waals surface area contributed by atoms with Crippen LogP contribution in [0.4, 0.5) is 19.1 Å². The molecule has 2 aromatic heterocycles. The van der Waals surface area contributed by atoms with Gasteiger partial charge in [-0.25, -0.2) is 4.98 Å². The number of ether oxygens (including phenoxy) is 1. The van der Waals surface area contributed by atoms with Crippen LogP contribution in [0.15, 0.2) is 60.8 Å². The van der Waals surface area contributed by atoms with Crippen LogP contribution in [-0.4, -0.2) is 44.2 Å². The lowest BCUT2D eigenvalue weighted by Gasteiger charge is -2.32. The lowest BCUT2D eigenvalue weighted by molar-refractivity contribution is -0.138. The molecular formula is C24H23F3N6O. The van der Waals surface area contributed by atoms with E-state index >= 15 is 0 Å². The second-order valence-corrected chi connectivity index (χ2v) is 8.23. The van der Waals surface area contributed by atoms with Gasteiger partial charge in [-0.05, 0) is 31.0 Å². The number of hydrogen-bond donors (Lipinski definition) is 2. The second kappa shape index (κ2) is 9.30. The fourth-order valence-electron chi connectivity index (χ4n) is 4.15. The van der Waals surface area contributed by atoms with Gasteiger partial charge in [-0.2, -0.15) is 23.3 Å². The first kappa shape index (κ1) is 22.1. The van der Waals surface area contributed by atoms with Crippen LogP contribution in [0, 0.1) is 0 Å². The zero-order valence-corrected chi connectivity index (χ0v) is 18.2. The van der Waals surface area contributed by atoms with E-state index in [2.05, 4.69) is 36.4 Å². The summed E-state index contributed by atoms with van der Waals surface area (Å²) in [5, 5.41) is 11.9. The molecule has 0 atom stereocenters. The number of H-pyrrole nitrogens is 1. The molecule has 0 unspecified atom stereocenters. The molecule has 0 bridgehead atoms. The van der Waals surface area contributed by atoms with Gasteiger partial charge in [-0.1, -0.05) is 30.3 Å². The highest BCUT2D eigenvalue weighted by Gasteiger charge is 2.34. The fraction of sp³-hybridized carbons (Fsp3) is 0.292. The first-order chi connectivity index (χ1) is 16.5. The van der Waals surface area contributed by atoms with E-state index in [1.165, 1.54) is 30.5 Å². The molecule has 7 nitrogen and oxygen atoms in total. The minimum atomic E-state index is -4.51. The third-order valence-electron chi connectivity index (χ3n) is 5.88. The molecule has 10 heteroatoms. The maximum Gasteiger partial charge on any atom is 0.419 e. The third kappa shape index (κ3) is 4.96. The number of anilines is 1. The number of benzene rings is 2. The fourth-order valence-corrected chi connectivity index (χ4v) is 4.15. The summed E-state index contributed by atoms with van der Waals surface area (Å²) in [5.41, 5.74) is 1.22. The normalized spacial score (nSPS) is 15.5. The molecule has 176 valence electrons. The molecule has 1 aliphatic heterocycles. The molecule has 2 aromatic carbocycles. The summed E-state index contributed by atoms with van der Waals surface area (Å²) in [5.74, 6) is 0.0945. The predicted molar refractivity (Wildman–Crippen MR) is 122 cm³/mol. The molecule has 1 aliphatic rings. The summed E-state index contributed by atoms with van der Waals surface area (Å²) < 4.78 is 45.1. The van der Waals surface area contributed by atoms with E-state index in [4.69, 9.17) is 4.74 Å². The molecule has 0 amide bonds. The molecule has 34 heavy (non-hydrogen) atoms. The van der Waals surface area contributed by atoms with Crippen molar-refractivity contribution in [2.45, 2.75) is 31.6 Å². The first-order valence-electron chi connectivity index (χ1n) is 11.0. The molecule has 1 saturated heterocycles. The number of piperidine rings is 1. The minimum Gasteiger partial charge on any atom is -0.438 e. The molecule has 1 fully saturated rings. The number of para-hydroxylation sites is 2. The Labute approximate surface area is 194 Å². The largest absolute Gasteiger partial charge is 0.438 e. The maximum absolute atomic E-state index is 13.2. The highest BCUT2D eigenvalue weighted by atomic mass is 19.4. The summed E-state index contributed by atoms with van der Waals surface area (Å²) in [4.78, 5) is 10.8. The van der Waals surface area contributed by atoms with Crippen molar-refractivity contribution in [2.24, 2.45) is 0 Å². The lowest BCUT2D eigenvalue weighted by Crippen LogP contribution is -2.39. The van der Waals surface area contributed by atoms with Crippen molar-refractivity contribution in [3.05, 3.63) is 72.1 Å². The summed E-state index contributed by atoms with van der Waals surface area (Å²) in [6.07, 6.45) is -1.27. The standard InChI is InChI=1S/C24H23F3N6O/c25-24(26,27)18-6-2-4-8-21(18)34-22-9-12-28-23(30-22)29-16-10-13-33(14-11-16)15-20-17-5-1-3-7-19(17)31-32-20/h1-9,12,16H,10-11,13-15H2,(H,31,32)(H,28,29,30). The molecule has 0 radical (unpaired) electrons. The maximum atomic E-state index is 13.2.